The number of anilines is 2. The number of hydrogen-bond donors (Lipinski definition) is 2. The normalized spacial score (nSPS) is 14.4. The molecule has 0 radical (unpaired) electrons. The Balaban J connectivity index is 1.42. The standard InChI is InChI=1S/C22H20N8O2S/c1-23-14-9-15-3-4-19(30(15)26-11-14)18-10-17(24-2)16(12-25-18)20-27-28-22(33-20)29-7-5-13(6-8-29)21(31)32/h3-4,9-13H,5-8H2,2H3,(H,24,25)(H,31,32). The molecule has 0 bridgehead atoms. The molecule has 166 valence electrons. The summed E-state index contributed by atoms with van der Waals surface area (Å²) >= 11 is 1.47. The number of carboxylic acid groups (broad SMARTS) is 1. The van der Waals surface area contributed by atoms with Crippen LogP contribution in [0.25, 0.3) is 32.3 Å². The maximum atomic E-state index is 11.2. The smallest absolute Gasteiger partial charge is 0.306 e. The van der Waals surface area contributed by atoms with Gasteiger partial charge in [0, 0.05) is 32.0 Å². The van der Waals surface area contributed by atoms with E-state index in [2.05, 4.69) is 35.3 Å². The molecular weight excluding hydrogens is 440 g/mol. The molecule has 4 aromatic rings. The molecule has 1 fully saturated rings. The van der Waals surface area contributed by atoms with Crippen LogP contribution in [0, 0.1) is 12.5 Å². The van der Waals surface area contributed by atoms with Crippen LogP contribution in [0.1, 0.15) is 12.8 Å². The van der Waals surface area contributed by atoms with E-state index in [1.807, 2.05) is 25.2 Å². The third kappa shape index (κ3) is 3.85. The summed E-state index contributed by atoms with van der Waals surface area (Å²) in [4.78, 5) is 21.4. The second-order valence-corrected chi connectivity index (χ2v) is 8.69. The number of aromatic nitrogens is 5. The summed E-state index contributed by atoms with van der Waals surface area (Å²) in [5.41, 5.74) is 4.59. The molecule has 0 aliphatic carbocycles. The number of aliphatic carboxylic acids is 1. The van der Waals surface area contributed by atoms with Crippen molar-refractivity contribution in [1.82, 2.24) is 24.8 Å². The van der Waals surface area contributed by atoms with E-state index in [4.69, 9.17) is 6.57 Å². The molecule has 5 heterocycles. The van der Waals surface area contributed by atoms with Crippen molar-refractivity contribution in [2.45, 2.75) is 12.8 Å². The summed E-state index contributed by atoms with van der Waals surface area (Å²) in [6.45, 7) is 8.48. The molecule has 10 nitrogen and oxygen atoms in total. The second kappa shape index (κ2) is 8.48. The van der Waals surface area contributed by atoms with Crippen molar-refractivity contribution < 1.29 is 9.90 Å². The van der Waals surface area contributed by atoms with Crippen molar-refractivity contribution in [2.75, 3.05) is 30.4 Å². The average molecular weight is 461 g/mol. The first-order valence-corrected chi connectivity index (χ1v) is 11.2. The molecule has 4 aromatic heterocycles. The van der Waals surface area contributed by atoms with E-state index in [1.54, 1.807) is 23.0 Å². The van der Waals surface area contributed by atoms with Crippen molar-refractivity contribution in [3.63, 3.8) is 0 Å². The van der Waals surface area contributed by atoms with Gasteiger partial charge >= 0.3 is 5.97 Å². The fourth-order valence-electron chi connectivity index (χ4n) is 3.99. The minimum atomic E-state index is -0.727. The molecule has 0 unspecified atom stereocenters. The highest BCUT2D eigenvalue weighted by Crippen LogP contribution is 2.36. The fourth-order valence-corrected chi connectivity index (χ4v) is 4.91. The van der Waals surface area contributed by atoms with Crippen LogP contribution in [-0.4, -0.2) is 56.0 Å². The number of rotatable bonds is 5. The Labute approximate surface area is 193 Å². The monoisotopic (exact) mass is 460 g/mol. The van der Waals surface area contributed by atoms with Gasteiger partial charge in [0.2, 0.25) is 10.8 Å². The molecule has 0 spiro atoms. The SMILES string of the molecule is [C-]#[N+]c1cnn2c(-c3cc(NC)c(-c4nnc(N5CCC(C(=O)O)CC5)s4)cn3)ccc2c1. The Morgan fingerprint density at radius 3 is 2.79 bits per heavy atom. The quantitative estimate of drug-likeness (QED) is 0.432. The van der Waals surface area contributed by atoms with E-state index in [-0.39, 0.29) is 5.92 Å². The zero-order valence-electron chi connectivity index (χ0n) is 17.8. The molecule has 0 aromatic carbocycles. The summed E-state index contributed by atoms with van der Waals surface area (Å²) in [6, 6.07) is 7.58. The van der Waals surface area contributed by atoms with E-state index in [0.717, 1.165) is 38.3 Å². The number of nitrogens with one attached hydrogen (secondary N) is 1. The van der Waals surface area contributed by atoms with Crippen molar-refractivity contribution >= 4 is 39.3 Å². The van der Waals surface area contributed by atoms with Crippen LogP contribution >= 0.6 is 11.3 Å². The van der Waals surface area contributed by atoms with E-state index in [1.165, 1.54) is 11.3 Å². The zero-order chi connectivity index (χ0) is 22.9. The summed E-state index contributed by atoms with van der Waals surface area (Å²) < 4.78 is 1.76. The van der Waals surface area contributed by atoms with Gasteiger partial charge in [0.1, 0.15) is 0 Å². The van der Waals surface area contributed by atoms with E-state index in [0.29, 0.717) is 31.6 Å². The maximum absolute atomic E-state index is 11.2. The summed E-state index contributed by atoms with van der Waals surface area (Å²) in [7, 11) is 1.84. The second-order valence-electron chi connectivity index (χ2n) is 7.74. The number of fused-ring (bicyclic) bond motifs is 1. The average Bonchev–Trinajstić information content (AvgIpc) is 3.51. The van der Waals surface area contributed by atoms with E-state index in [9.17, 15) is 9.90 Å². The molecule has 0 atom stereocenters. The molecule has 1 saturated heterocycles. The number of piperidine rings is 1. The van der Waals surface area contributed by atoms with Gasteiger partial charge in [0.05, 0.1) is 41.2 Å². The third-order valence-corrected chi connectivity index (χ3v) is 6.83. The number of carboxylic acids is 1. The maximum Gasteiger partial charge on any atom is 0.306 e. The lowest BCUT2D eigenvalue weighted by atomic mass is 9.98. The zero-order valence-corrected chi connectivity index (χ0v) is 18.6. The highest BCUT2D eigenvalue weighted by Gasteiger charge is 2.26. The van der Waals surface area contributed by atoms with Crippen LogP contribution in [0.2, 0.25) is 0 Å². The Morgan fingerprint density at radius 2 is 2.06 bits per heavy atom. The first-order chi connectivity index (χ1) is 16.1. The van der Waals surface area contributed by atoms with Gasteiger partial charge in [-0.3, -0.25) is 9.78 Å². The molecule has 0 saturated carbocycles. The summed E-state index contributed by atoms with van der Waals surface area (Å²) in [5, 5.41) is 27.0. The van der Waals surface area contributed by atoms with Gasteiger partial charge in [-0.25, -0.2) is 9.36 Å². The molecule has 5 rings (SSSR count). The Bertz CT molecular complexity index is 1380. The van der Waals surface area contributed by atoms with Gasteiger partial charge < -0.3 is 15.3 Å². The van der Waals surface area contributed by atoms with Gasteiger partial charge in [-0.05, 0) is 37.1 Å². The van der Waals surface area contributed by atoms with Gasteiger partial charge in [-0.1, -0.05) is 11.3 Å². The van der Waals surface area contributed by atoms with Gasteiger partial charge in [0.25, 0.3) is 0 Å². The Hall–Kier alpha value is -4.04. The van der Waals surface area contributed by atoms with E-state index >= 15 is 0 Å². The largest absolute Gasteiger partial charge is 0.481 e. The molecular formula is C22H20N8O2S. The predicted molar refractivity (Wildman–Crippen MR) is 126 cm³/mol. The topological polar surface area (TPSA) is 113 Å². The van der Waals surface area contributed by atoms with Crippen molar-refractivity contribution in [3.05, 3.63) is 48.1 Å². The lowest BCUT2D eigenvalue weighted by Crippen LogP contribution is -2.36. The van der Waals surface area contributed by atoms with Crippen LogP contribution in [0.15, 0.2) is 36.7 Å². The number of hydrogen-bond acceptors (Lipinski definition) is 8. The highest BCUT2D eigenvalue weighted by atomic mass is 32.1. The van der Waals surface area contributed by atoms with Crippen molar-refractivity contribution in [1.29, 1.82) is 0 Å². The fraction of sp³-hybridized carbons (Fsp3) is 0.273. The number of carbonyl (C=O) groups is 1. The predicted octanol–water partition coefficient (Wildman–Crippen LogP) is 3.81. The van der Waals surface area contributed by atoms with Gasteiger partial charge in [-0.15, -0.1) is 10.2 Å². The molecule has 2 N–H and O–H groups in total. The molecule has 33 heavy (non-hydrogen) atoms. The Morgan fingerprint density at radius 1 is 1.24 bits per heavy atom. The van der Waals surface area contributed by atoms with Crippen LogP contribution in [0.4, 0.5) is 16.5 Å². The molecule has 1 aliphatic heterocycles. The lowest BCUT2D eigenvalue weighted by molar-refractivity contribution is -0.142. The molecule has 11 heteroatoms. The van der Waals surface area contributed by atoms with E-state index < -0.39 is 5.97 Å². The van der Waals surface area contributed by atoms with Gasteiger partial charge in [-0.2, -0.15) is 5.10 Å². The number of pyridine rings is 1. The summed E-state index contributed by atoms with van der Waals surface area (Å²) in [5.74, 6) is -1.01. The Kier molecular flexibility index (Phi) is 5.35. The minimum absolute atomic E-state index is 0.283. The van der Waals surface area contributed by atoms with Crippen LogP contribution in [-0.2, 0) is 4.79 Å². The van der Waals surface area contributed by atoms with Crippen LogP contribution in [0.3, 0.4) is 0 Å². The van der Waals surface area contributed by atoms with Crippen molar-refractivity contribution in [3.8, 4) is 22.0 Å². The molecule has 0 amide bonds. The third-order valence-electron chi connectivity index (χ3n) is 5.81. The molecule has 1 aliphatic rings. The number of nitrogens with zero attached hydrogens (tertiary/aromatic N) is 7. The highest BCUT2D eigenvalue weighted by molar-refractivity contribution is 7.18. The van der Waals surface area contributed by atoms with Crippen LogP contribution in [0.5, 0.6) is 0 Å². The minimum Gasteiger partial charge on any atom is -0.481 e. The first-order valence-electron chi connectivity index (χ1n) is 10.4. The van der Waals surface area contributed by atoms with Gasteiger partial charge in [0.15, 0.2) is 5.01 Å². The first kappa shape index (κ1) is 20.8. The van der Waals surface area contributed by atoms with Crippen LogP contribution < -0.4 is 10.2 Å². The van der Waals surface area contributed by atoms with Crippen molar-refractivity contribution in [2.24, 2.45) is 5.92 Å². The lowest BCUT2D eigenvalue weighted by Gasteiger charge is -2.29. The summed E-state index contributed by atoms with van der Waals surface area (Å²) in [6.07, 6.45) is 4.53.